The van der Waals surface area contributed by atoms with Crippen LogP contribution in [0.3, 0.4) is 0 Å². The van der Waals surface area contributed by atoms with Crippen LogP contribution in [-0.4, -0.2) is 39.0 Å². The molecule has 0 atom stereocenters. The summed E-state index contributed by atoms with van der Waals surface area (Å²) in [5, 5.41) is 4.32. The second-order valence-corrected chi connectivity index (χ2v) is 8.56. The minimum Gasteiger partial charge on any atom is -0.455 e. The third-order valence-electron chi connectivity index (χ3n) is 3.32. The molecule has 8 heteroatoms. The monoisotopic (exact) mass is 378 g/mol. The van der Waals surface area contributed by atoms with E-state index >= 15 is 0 Å². The van der Waals surface area contributed by atoms with Gasteiger partial charge in [0.1, 0.15) is 6.54 Å². The van der Waals surface area contributed by atoms with Gasteiger partial charge in [-0.1, -0.05) is 30.3 Å². The van der Waals surface area contributed by atoms with Crippen molar-refractivity contribution in [3.8, 4) is 0 Å². The molecule has 140 valence electrons. The van der Waals surface area contributed by atoms with Crippen LogP contribution in [0.4, 0.5) is 0 Å². The van der Waals surface area contributed by atoms with Gasteiger partial charge in [0.05, 0.1) is 4.90 Å². The summed E-state index contributed by atoms with van der Waals surface area (Å²) in [4.78, 5) is 23.3. The van der Waals surface area contributed by atoms with Crippen LogP contribution in [0.15, 0.2) is 47.4 Å². The van der Waals surface area contributed by atoms with Gasteiger partial charge in [0, 0.05) is 5.54 Å². The number of ether oxygens (including phenoxy) is 1. The molecule has 0 saturated carbocycles. The summed E-state index contributed by atoms with van der Waals surface area (Å²) >= 11 is 0. The summed E-state index contributed by atoms with van der Waals surface area (Å²) in [6, 6.07) is 12.0. The Kier molecular flexibility index (Phi) is 5.99. The minimum absolute atomic E-state index is 0.0504. The highest BCUT2D eigenvalue weighted by Crippen LogP contribution is 2.18. The van der Waals surface area contributed by atoms with Crippen LogP contribution < -0.4 is 10.0 Å². The van der Waals surface area contributed by atoms with Gasteiger partial charge in [0.2, 0.25) is 10.0 Å². The average Bonchev–Trinajstić information content (AvgIpc) is 2.56. The van der Waals surface area contributed by atoms with Gasteiger partial charge in [-0.3, -0.25) is 9.59 Å². The molecular formula is C18H22N2O5S. The molecule has 7 nitrogen and oxygen atoms in total. The Morgan fingerprint density at radius 2 is 1.69 bits per heavy atom. The predicted molar refractivity (Wildman–Crippen MR) is 98.0 cm³/mol. The number of benzene rings is 2. The zero-order valence-corrected chi connectivity index (χ0v) is 15.7. The van der Waals surface area contributed by atoms with Crippen molar-refractivity contribution in [1.82, 2.24) is 10.0 Å². The Bertz CT molecular complexity index is 917. The van der Waals surface area contributed by atoms with Gasteiger partial charge in [0.15, 0.2) is 6.61 Å². The second-order valence-electron chi connectivity index (χ2n) is 6.79. The van der Waals surface area contributed by atoms with Gasteiger partial charge in [-0.25, -0.2) is 8.42 Å². The molecule has 0 aliphatic carbocycles. The number of carbonyl (C=O) groups is 2. The molecule has 0 unspecified atom stereocenters. The van der Waals surface area contributed by atoms with E-state index in [1.807, 2.05) is 18.2 Å². The summed E-state index contributed by atoms with van der Waals surface area (Å²) in [7, 11) is -3.87. The van der Waals surface area contributed by atoms with E-state index in [0.717, 1.165) is 10.8 Å². The largest absolute Gasteiger partial charge is 0.455 e. The van der Waals surface area contributed by atoms with E-state index in [1.54, 1.807) is 32.9 Å². The molecule has 0 aliphatic heterocycles. The quantitative estimate of drug-likeness (QED) is 0.743. The summed E-state index contributed by atoms with van der Waals surface area (Å²) in [6.45, 7) is 4.37. The molecule has 0 radical (unpaired) electrons. The highest BCUT2D eigenvalue weighted by Gasteiger charge is 2.18. The standard InChI is InChI=1S/C18H22N2O5S/c1-18(2,3)20-16(21)12-25-17(22)11-19-26(23,24)15-9-8-13-6-4-5-7-14(13)10-15/h4-10,19H,11-12H2,1-3H3,(H,20,21). The predicted octanol–water partition coefficient (Wildman–Crippen LogP) is 1.58. The number of hydrogen-bond donors (Lipinski definition) is 2. The van der Waals surface area contributed by atoms with Gasteiger partial charge in [0.25, 0.3) is 5.91 Å². The number of hydrogen-bond acceptors (Lipinski definition) is 5. The van der Waals surface area contributed by atoms with E-state index in [-0.39, 0.29) is 4.90 Å². The van der Waals surface area contributed by atoms with E-state index in [9.17, 15) is 18.0 Å². The summed E-state index contributed by atoms with van der Waals surface area (Å²) in [6.07, 6.45) is 0. The van der Waals surface area contributed by atoms with Crippen molar-refractivity contribution < 1.29 is 22.7 Å². The highest BCUT2D eigenvalue weighted by molar-refractivity contribution is 7.89. The molecule has 0 heterocycles. The van der Waals surface area contributed by atoms with Gasteiger partial charge >= 0.3 is 5.97 Å². The zero-order valence-electron chi connectivity index (χ0n) is 14.9. The van der Waals surface area contributed by atoms with Crippen molar-refractivity contribution in [2.45, 2.75) is 31.2 Å². The second kappa shape index (κ2) is 7.84. The summed E-state index contributed by atoms with van der Waals surface area (Å²) in [5.41, 5.74) is -0.443. The molecular weight excluding hydrogens is 356 g/mol. The molecule has 0 aliphatic rings. The smallest absolute Gasteiger partial charge is 0.321 e. The lowest BCUT2D eigenvalue weighted by Crippen LogP contribution is -2.43. The number of sulfonamides is 1. The molecule has 2 N–H and O–H groups in total. The SMILES string of the molecule is CC(C)(C)NC(=O)COC(=O)CNS(=O)(=O)c1ccc2ccccc2c1. The minimum atomic E-state index is -3.87. The maximum Gasteiger partial charge on any atom is 0.321 e. The summed E-state index contributed by atoms with van der Waals surface area (Å²) in [5.74, 6) is -1.29. The number of nitrogens with one attached hydrogen (secondary N) is 2. The van der Waals surface area contributed by atoms with Crippen molar-refractivity contribution in [2.75, 3.05) is 13.2 Å². The van der Waals surface area contributed by atoms with Crippen LogP contribution >= 0.6 is 0 Å². The molecule has 2 aromatic rings. The maximum atomic E-state index is 12.3. The third kappa shape index (κ3) is 5.82. The van der Waals surface area contributed by atoms with Gasteiger partial charge in [-0.2, -0.15) is 4.72 Å². The normalized spacial score (nSPS) is 12.0. The molecule has 0 spiro atoms. The highest BCUT2D eigenvalue weighted by atomic mass is 32.2. The van der Waals surface area contributed by atoms with Crippen molar-refractivity contribution in [3.05, 3.63) is 42.5 Å². The van der Waals surface area contributed by atoms with Crippen LogP contribution in [0.2, 0.25) is 0 Å². The number of amides is 1. The van der Waals surface area contributed by atoms with Crippen LogP contribution in [0, 0.1) is 0 Å². The topological polar surface area (TPSA) is 102 Å². The van der Waals surface area contributed by atoms with Crippen LogP contribution in [-0.2, 0) is 24.3 Å². The van der Waals surface area contributed by atoms with Gasteiger partial charge in [-0.05, 0) is 43.7 Å². The van der Waals surface area contributed by atoms with Gasteiger partial charge in [-0.15, -0.1) is 0 Å². The van der Waals surface area contributed by atoms with Crippen molar-refractivity contribution >= 4 is 32.7 Å². The Hall–Kier alpha value is -2.45. The fourth-order valence-electron chi connectivity index (χ4n) is 2.22. The molecule has 0 bridgehead atoms. The Morgan fingerprint density at radius 3 is 2.35 bits per heavy atom. The first kappa shape index (κ1) is 19.9. The zero-order chi connectivity index (χ0) is 19.4. The number of rotatable bonds is 6. The molecule has 26 heavy (non-hydrogen) atoms. The molecule has 2 aromatic carbocycles. The number of fused-ring (bicyclic) bond motifs is 1. The van der Waals surface area contributed by atoms with Gasteiger partial charge < -0.3 is 10.1 Å². The van der Waals surface area contributed by atoms with Crippen LogP contribution in [0.1, 0.15) is 20.8 Å². The lowest BCUT2D eigenvalue weighted by Gasteiger charge is -2.20. The first-order chi connectivity index (χ1) is 12.1. The third-order valence-corrected chi connectivity index (χ3v) is 4.72. The Morgan fingerprint density at radius 1 is 1.04 bits per heavy atom. The van der Waals surface area contributed by atoms with E-state index < -0.39 is 40.6 Å². The van der Waals surface area contributed by atoms with E-state index in [2.05, 4.69) is 10.0 Å². The first-order valence-electron chi connectivity index (χ1n) is 8.02. The first-order valence-corrected chi connectivity index (χ1v) is 9.50. The number of esters is 1. The van der Waals surface area contributed by atoms with E-state index in [4.69, 9.17) is 4.74 Å². The average molecular weight is 378 g/mol. The molecule has 2 rings (SSSR count). The fraction of sp³-hybridized carbons (Fsp3) is 0.333. The van der Waals surface area contributed by atoms with Crippen molar-refractivity contribution in [1.29, 1.82) is 0 Å². The lowest BCUT2D eigenvalue weighted by atomic mass is 10.1. The van der Waals surface area contributed by atoms with E-state index in [1.165, 1.54) is 12.1 Å². The molecule has 0 saturated heterocycles. The Labute approximate surface area is 152 Å². The Balaban J connectivity index is 1.92. The molecule has 0 aromatic heterocycles. The molecule has 1 amide bonds. The van der Waals surface area contributed by atoms with Crippen molar-refractivity contribution in [2.24, 2.45) is 0 Å². The number of carbonyl (C=O) groups excluding carboxylic acids is 2. The van der Waals surface area contributed by atoms with Crippen molar-refractivity contribution in [3.63, 3.8) is 0 Å². The fourth-order valence-corrected chi connectivity index (χ4v) is 3.23. The summed E-state index contributed by atoms with van der Waals surface area (Å²) < 4.78 is 31.6. The lowest BCUT2D eigenvalue weighted by molar-refractivity contribution is -0.147. The van der Waals surface area contributed by atoms with Crippen LogP contribution in [0.5, 0.6) is 0 Å². The maximum absolute atomic E-state index is 12.3. The van der Waals surface area contributed by atoms with E-state index in [0.29, 0.717) is 0 Å². The molecule has 0 fully saturated rings. The van der Waals surface area contributed by atoms with Crippen LogP contribution in [0.25, 0.3) is 10.8 Å².